The summed E-state index contributed by atoms with van der Waals surface area (Å²) in [5, 5.41) is 3.65. The second-order valence-electron chi connectivity index (χ2n) is 6.13. The van der Waals surface area contributed by atoms with Gasteiger partial charge < -0.3 is 14.8 Å². The molecule has 1 aliphatic rings. The van der Waals surface area contributed by atoms with Crippen LogP contribution in [0.1, 0.15) is 59.8 Å². The second kappa shape index (κ2) is 7.46. The zero-order valence-corrected chi connectivity index (χ0v) is 12.8. The van der Waals surface area contributed by atoms with Crippen LogP contribution in [0.2, 0.25) is 0 Å². The molecule has 0 amide bonds. The van der Waals surface area contributed by atoms with Gasteiger partial charge in [-0.3, -0.25) is 0 Å². The fraction of sp³-hybridized carbons (Fsp3) is 1.00. The van der Waals surface area contributed by atoms with Gasteiger partial charge in [-0.2, -0.15) is 0 Å². The van der Waals surface area contributed by atoms with Crippen molar-refractivity contribution in [1.82, 2.24) is 5.32 Å². The second-order valence-corrected chi connectivity index (χ2v) is 6.13. The summed E-state index contributed by atoms with van der Waals surface area (Å²) in [6.07, 6.45) is 6.57. The van der Waals surface area contributed by atoms with Gasteiger partial charge >= 0.3 is 0 Å². The van der Waals surface area contributed by atoms with E-state index < -0.39 is 0 Å². The maximum atomic E-state index is 6.02. The van der Waals surface area contributed by atoms with Gasteiger partial charge in [0.15, 0.2) is 0 Å². The van der Waals surface area contributed by atoms with Crippen molar-refractivity contribution < 1.29 is 9.47 Å². The lowest BCUT2D eigenvalue weighted by atomic mass is 9.95. The highest BCUT2D eigenvalue weighted by atomic mass is 16.5. The van der Waals surface area contributed by atoms with Gasteiger partial charge in [-0.05, 0) is 59.4 Å². The van der Waals surface area contributed by atoms with Crippen LogP contribution in [0.15, 0.2) is 0 Å². The number of hydrogen-bond donors (Lipinski definition) is 1. The Bertz CT molecular complexity index is 231. The van der Waals surface area contributed by atoms with Crippen molar-refractivity contribution in [1.29, 1.82) is 0 Å². The van der Waals surface area contributed by atoms with Gasteiger partial charge in [0, 0.05) is 13.2 Å². The van der Waals surface area contributed by atoms with Gasteiger partial charge in [-0.1, -0.05) is 6.92 Å². The molecule has 18 heavy (non-hydrogen) atoms. The Morgan fingerprint density at radius 1 is 1.39 bits per heavy atom. The van der Waals surface area contributed by atoms with E-state index >= 15 is 0 Å². The van der Waals surface area contributed by atoms with Gasteiger partial charge in [0.1, 0.15) is 0 Å². The van der Waals surface area contributed by atoms with E-state index in [0.717, 1.165) is 19.4 Å². The Morgan fingerprint density at radius 3 is 2.61 bits per heavy atom. The summed E-state index contributed by atoms with van der Waals surface area (Å²) in [5.74, 6) is 0. The monoisotopic (exact) mass is 257 g/mol. The summed E-state index contributed by atoms with van der Waals surface area (Å²) in [6, 6.07) is 0.476. The van der Waals surface area contributed by atoms with Gasteiger partial charge in [0.05, 0.1) is 17.8 Å². The third kappa shape index (κ3) is 5.25. The SMILES string of the molecule is CCCNC(CCC(C)(C)OC)C1CCC(C)O1. The summed E-state index contributed by atoms with van der Waals surface area (Å²) >= 11 is 0. The first kappa shape index (κ1) is 15.9. The van der Waals surface area contributed by atoms with Gasteiger partial charge in [0.25, 0.3) is 0 Å². The Balaban J connectivity index is 2.45. The minimum absolute atomic E-state index is 0.0314. The lowest BCUT2D eigenvalue weighted by Gasteiger charge is -2.29. The molecule has 0 radical (unpaired) electrons. The molecule has 0 bridgehead atoms. The molecule has 3 heteroatoms. The molecular weight excluding hydrogens is 226 g/mol. The normalized spacial score (nSPS) is 26.5. The van der Waals surface area contributed by atoms with Crippen LogP contribution in [0.25, 0.3) is 0 Å². The summed E-state index contributed by atoms with van der Waals surface area (Å²) in [6.45, 7) is 9.77. The van der Waals surface area contributed by atoms with Crippen molar-refractivity contribution in [3.63, 3.8) is 0 Å². The minimum atomic E-state index is -0.0314. The molecule has 3 atom stereocenters. The number of ether oxygens (including phenoxy) is 2. The molecule has 3 unspecified atom stereocenters. The van der Waals surface area contributed by atoms with Crippen molar-refractivity contribution in [2.24, 2.45) is 0 Å². The van der Waals surface area contributed by atoms with E-state index in [-0.39, 0.29) is 5.60 Å². The maximum Gasteiger partial charge on any atom is 0.0732 e. The molecule has 1 N–H and O–H groups in total. The van der Waals surface area contributed by atoms with E-state index in [0.29, 0.717) is 18.2 Å². The minimum Gasteiger partial charge on any atom is -0.379 e. The third-order valence-electron chi connectivity index (χ3n) is 3.98. The van der Waals surface area contributed by atoms with E-state index in [1.807, 2.05) is 0 Å². The summed E-state index contributed by atoms with van der Waals surface area (Å²) < 4.78 is 11.5. The van der Waals surface area contributed by atoms with Crippen LogP contribution in [0.3, 0.4) is 0 Å². The largest absolute Gasteiger partial charge is 0.379 e. The number of nitrogens with one attached hydrogen (secondary N) is 1. The molecule has 1 heterocycles. The molecule has 0 aliphatic carbocycles. The fourth-order valence-electron chi connectivity index (χ4n) is 2.48. The summed E-state index contributed by atoms with van der Waals surface area (Å²) in [7, 11) is 1.79. The van der Waals surface area contributed by atoms with Crippen LogP contribution in [0.5, 0.6) is 0 Å². The molecular formula is C15H31NO2. The van der Waals surface area contributed by atoms with E-state index in [9.17, 15) is 0 Å². The molecule has 0 saturated carbocycles. The first-order chi connectivity index (χ1) is 8.48. The van der Waals surface area contributed by atoms with E-state index in [4.69, 9.17) is 9.47 Å². The predicted molar refractivity (Wildman–Crippen MR) is 76.0 cm³/mol. The van der Waals surface area contributed by atoms with Crippen molar-refractivity contribution in [2.45, 2.75) is 83.6 Å². The van der Waals surface area contributed by atoms with Gasteiger partial charge in [0.2, 0.25) is 0 Å². The van der Waals surface area contributed by atoms with Crippen LogP contribution >= 0.6 is 0 Å². The van der Waals surface area contributed by atoms with Gasteiger partial charge in [-0.15, -0.1) is 0 Å². The maximum absolute atomic E-state index is 6.02. The van der Waals surface area contributed by atoms with E-state index in [1.165, 1.54) is 19.3 Å². The quantitative estimate of drug-likeness (QED) is 0.724. The molecule has 0 aromatic heterocycles. The molecule has 108 valence electrons. The van der Waals surface area contributed by atoms with Crippen molar-refractivity contribution >= 4 is 0 Å². The fourth-order valence-corrected chi connectivity index (χ4v) is 2.48. The molecule has 0 aromatic carbocycles. The van der Waals surface area contributed by atoms with Crippen LogP contribution < -0.4 is 5.32 Å². The van der Waals surface area contributed by atoms with Crippen molar-refractivity contribution in [2.75, 3.05) is 13.7 Å². The third-order valence-corrected chi connectivity index (χ3v) is 3.98. The Hall–Kier alpha value is -0.120. The molecule has 1 saturated heterocycles. The molecule has 3 nitrogen and oxygen atoms in total. The van der Waals surface area contributed by atoms with Crippen molar-refractivity contribution in [3.8, 4) is 0 Å². The van der Waals surface area contributed by atoms with Crippen LogP contribution in [-0.2, 0) is 9.47 Å². The smallest absolute Gasteiger partial charge is 0.0732 e. The van der Waals surface area contributed by atoms with Crippen LogP contribution in [-0.4, -0.2) is 37.5 Å². The number of hydrogen-bond acceptors (Lipinski definition) is 3. The number of rotatable bonds is 8. The lowest BCUT2D eigenvalue weighted by Crippen LogP contribution is -2.41. The lowest BCUT2D eigenvalue weighted by molar-refractivity contribution is -0.00324. The van der Waals surface area contributed by atoms with Gasteiger partial charge in [-0.25, -0.2) is 0 Å². The highest BCUT2D eigenvalue weighted by Gasteiger charge is 2.30. The molecule has 1 aliphatic heterocycles. The topological polar surface area (TPSA) is 30.5 Å². The van der Waals surface area contributed by atoms with E-state index in [2.05, 4.69) is 33.0 Å². The zero-order chi connectivity index (χ0) is 13.6. The summed E-state index contributed by atoms with van der Waals surface area (Å²) in [4.78, 5) is 0. The highest BCUT2D eigenvalue weighted by Crippen LogP contribution is 2.26. The predicted octanol–water partition coefficient (Wildman–Crippen LogP) is 3.13. The molecule has 0 aromatic rings. The highest BCUT2D eigenvalue weighted by molar-refractivity contribution is 4.85. The molecule has 1 fully saturated rings. The summed E-state index contributed by atoms with van der Waals surface area (Å²) in [5.41, 5.74) is -0.0314. The molecule has 1 rings (SSSR count). The van der Waals surface area contributed by atoms with Crippen LogP contribution in [0.4, 0.5) is 0 Å². The average Bonchev–Trinajstić information content (AvgIpc) is 2.76. The first-order valence-corrected chi connectivity index (χ1v) is 7.42. The Kier molecular flexibility index (Phi) is 6.61. The average molecular weight is 257 g/mol. The van der Waals surface area contributed by atoms with Crippen LogP contribution in [0, 0.1) is 0 Å². The Morgan fingerprint density at radius 2 is 2.11 bits per heavy atom. The zero-order valence-electron chi connectivity index (χ0n) is 12.8. The van der Waals surface area contributed by atoms with E-state index in [1.54, 1.807) is 7.11 Å². The Labute approximate surface area is 113 Å². The number of methoxy groups -OCH3 is 1. The standard InChI is InChI=1S/C15H31NO2/c1-6-11-16-13(9-10-15(3,4)17-5)14-8-7-12(2)18-14/h12-14,16H,6-11H2,1-5H3. The van der Waals surface area contributed by atoms with Crippen molar-refractivity contribution in [3.05, 3.63) is 0 Å². The molecule has 0 spiro atoms. The first-order valence-electron chi connectivity index (χ1n) is 7.42.